The monoisotopic (exact) mass is 283 g/mol. The minimum absolute atomic E-state index is 0.422. The highest BCUT2D eigenvalue weighted by atomic mass is 16.4. The predicted molar refractivity (Wildman–Crippen MR) is 72.8 cm³/mol. The second-order valence-corrected chi connectivity index (χ2v) is 4.43. The van der Waals surface area contributed by atoms with Gasteiger partial charge < -0.3 is 15.0 Å². The summed E-state index contributed by atoms with van der Waals surface area (Å²) in [7, 11) is 0. The van der Waals surface area contributed by atoms with E-state index in [1.165, 1.54) is 17.0 Å². The Labute approximate surface area is 121 Å². The first kappa shape index (κ1) is 14.5. The summed E-state index contributed by atoms with van der Waals surface area (Å²) < 4.78 is 1.21. The maximum Gasteiger partial charge on any atom is 0.335 e. The molecule has 0 amide bonds. The van der Waals surface area contributed by atoms with Crippen LogP contribution < -0.4 is 9.67 Å². The third-order valence-electron chi connectivity index (χ3n) is 2.90. The van der Waals surface area contributed by atoms with Crippen LogP contribution in [0.4, 0.5) is 0 Å². The normalized spacial score (nSPS) is 11.1. The van der Waals surface area contributed by atoms with Crippen molar-refractivity contribution in [3.05, 3.63) is 72.1 Å². The van der Waals surface area contributed by atoms with Crippen LogP contribution in [0.5, 0.6) is 0 Å². The topological polar surface area (TPSA) is 81.3 Å². The average Bonchev–Trinajstić information content (AvgIpc) is 2.46. The van der Waals surface area contributed by atoms with Crippen LogP contribution in [0.15, 0.2) is 60.9 Å². The Hall–Kier alpha value is -2.95. The minimum Gasteiger partial charge on any atom is -0.539 e. The Bertz CT molecular complexity index is 675. The van der Waals surface area contributed by atoms with Crippen molar-refractivity contribution in [3.8, 4) is 0 Å². The molecule has 1 aromatic carbocycles. The van der Waals surface area contributed by atoms with Gasteiger partial charge >= 0.3 is 5.97 Å². The van der Waals surface area contributed by atoms with Gasteiger partial charge in [0, 0.05) is 12.1 Å². The van der Waals surface area contributed by atoms with Crippen molar-refractivity contribution in [2.75, 3.05) is 0 Å². The van der Waals surface area contributed by atoms with E-state index in [1.54, 1.807) is 12.1 Å². The highest BCUT2D eigenvalue weighted by molar-refractivity contribution is 6.08. The van der Waals surface area contributed by atoms with Crippen LogP contribution in [0.1, 0.15) is 11.1 Å². The molecule has 0 atom stereocenters. The van der Waals surface area contributed by atoms with E-state index in [4.69, 9.17) is 5.11 Å². The number of hydrogen-bond acceptors (Lipinski definition) is 3. The Morgan fingerprint density at radius 2 is 1.62 bits per heavy atom. The van der Waals surface area contributed by atoms with Crippen LogP contribution in [-0.2, 0) is 16.0 Å². The summed E-state index contributed by atoms with van der Waals surface area (Å²) in [5.74, 6) is -2.88. The minimum atomic E-state index is -1.54. The molecule has 0 saturated heterocycles. The number of pyridine rings is 1. The van der Waals surface area contributed by atoms with Crippen molar-refractivity contribution >= 4 is 17.6 Å². The van der Waals surface area contributed by atoms with Gasteiger partial charge in [-0.3, -0.25) is 0 Å². The molecule has 2 aromatic rings. The molecular weight excluding hydrogens is 270 g/mol. The number of hydrogen-bond donors (Lipinski definition) is 1. The van der Waals surface area contributed by atoms with Gasteiger partial charge in [0.25, 0.3) is 0 Å². The van der Waals surface area contributed by atoms with Gasteiger partial charge in [-0.25, -0.2) is 4.79 Å². The summed E-state index contributed by atoms with van der Waals surface area (Å²) in [5, 5.41) is 19.6. The van der Waals surface area contributed by atoms with Crippen LogP contribution in [0, 0.1) is 0 Å². The lowest BCUT2D eigenvalue weighted by molar-refractivity contribution is -0.582. The highest BCUT2D eigenvalue weighted by Gasteiger charge is 2.13. The number of carbonyl (C=O) groups excluding carboxylic acids is 1. The number of aromatic nitrogens is 1. The second kappa shape index (κ2) is 6.47. The van der Waals surface area contributed by atoms with Crippen molar-refractivity contribution < 1.29 is 24.4 Å². The molecule has 0 saturated carbocycles. The molecule has 0 aliphatic heterocycles. The average molecular weight is 283 g/mol. The summed E-state index contributed by atoms with van der Waals surface area (Å²) >= 11 is 0. The van der Waals surface area contributed by atoms with Gasteiger partial charge in [-0.2, -0.15) is 4.57 Å². The molecule has 1 N–H and O–H groups in total. The molecule has 106 valence electrons. The third-order valence-corrected chi connectivity index (χ3v) is 2.90. The van der Waals surface area contributed by atoms with Crippen LogP contribution in [0.2, 0.25) is 0 Å². The van der Waals surface area contributed by atoms with Crippen molar-refractivity contribution in [3.63, 3.8) is 0 Å². The molecule has 0 bridgehead atoms. The van der Waals surface area contributed by atoms with Crippen molar-refractivity contribution in [1.29, 1.82) is 0 Å². The lowest BCUT2D eigenvalue weighted by Crippen LogP contribution is -2.42. The van der Waals surface area contributed by atoms with E-state index in [0.717, 1.165) is 11.1 Å². The van der Waals surface area contributed by atoms with E-state index in [9.17, 15) is 14.7 Å². The van der Waals surface area contributed by atoms with Crippen LogP contribution in [0.3, 0.4) is 0 Å². The van der Waals surface area contributed by atoms with Gasteiger partial charge in [-0.15, -0.1) is 0 Å². The van der Waals surface area contributed by atoms with E-state index in [1.807, 2.05) is 30.3 Å². The zero-order valence-corrected chi connectivity index (χ0v) is 11.1. The van der Waals surface area contributed by atoms with E-state index in [0.29, 0.717) is 12.5 Å². The van der Waals surface area contributed by atoms with Gasteiger partial charge in [-0.05, 0) is 17.5 Å². The number of carboxylic acid groups (broad SMARTS) is 2. The predicted octanol–water partition coefficient (Wildman–Crippen LogP) is 0.240. The summed E-state index contributed by atoms with van der Waals surface area (Å²) in [6.45, 7) is 0. The molecule has 21 heavy (non-hydrogen) atoms. The highest BCUT2D eigenvalue weighted by Crippen LogP contribution is 2.07. The summed E-state index contributed by atoms with van der Waals surface area (Å²) in [5.41, 5.74) is 1.70. The molecule has 5 nitrogen and oxygen atoms in total. The summed E-state index contributed by atoms with van der Waals surface area (Å²) in [6.07, 6.45) is 4.32. The molecule has 2 rings (SSSR count). The molecule has 1 aromatic heterocycles. The molecule has 0 radical (unpaired) electrons. The maximum absolute atomic E-state index is 10.9. The number of aliphatic carboxylic acids is 2. The Morgan fingerprint density at radius 3 is 2.14 bits per heavy atom. The van der Waals surface area contributed by atoms with Gasteiger partial charge in [-0.1, -0.05) is 30.3 Å². The van der Waals surface area contributed by atoms with Crippen LogP contribution >= 0.6 is 0 Å². The Morgan fingerprint density at radius 1 is 1.05 bits per heavy atom. The number of nitrogens with zero attached hydrogens (tertiary/aromatic N) is 1. The van der Waals surface area contributed by atoms with Crippen molar-refractivity contribution in [2.45, 2.75) is 6.42 Å². The fraction of sp³-hybridized carbons (Fsp3) is 0.0625. The number of benzene rings is 1. The molecule has 0 spiro atoms. The third kappa shape index (κ3) is 4.01. The molecule has 0 aliphatic carbocycles. The molecule has 5 heteroatoms. The van der Waals surface area contributed by atoms with Crippen LogP contribution in [0.25, 0.3) is 5.70 Å². The fourth-order valence-electron chi connectivity index (χ4n) is 1.92. The fourth-order valence-corrected chi connectivity index (χ4v) is 1.92. The number of rotatable bonds is 5. The zero-order valence-electron chi connectivity index (χ0n) is 11.1. The summed E-state index contributed by atoms with van der Waals surface area (Å²) in [6, 6.07) is 13.3. The van der Waals surface area contributed by atoms with Crippen molar-refractivity contribution in [2.24, 2.45) is 0 Å². The van der Waals surface area contributed by atoms with Gasteiger partial charge in [0.15, 0.2) is 12.4 Å². The molecule has 0 fully saturated rings. The number of carbonyl (C=O) groups is 2. The quantitative estimate of drug-likeness (QED) is 0.629. The van der Waals surface area contributed by atoms with Gasteiger partial charge in [0.2, 0.25) is 5.70 Å². The largest absolute Gasteiger partial charge is 0.539 e. The molecule has 1 heterocycles. The van der Waals surface area contributed by atoms with E-state index >= 15 is 0 Å². The van der Waals surface area contributed by atoms with Crippen LogP contribution in [-0.4, -0.2) is 17.0 Å². The first-order chi connectivity index (χ1) is 10.1. The second-order valence-electron chi connectivity index (χ2n) is 4.43. The Balaban J connectivity index is 2.22. The number of carboxylic acids is 2. The Kier molecular flexibility index (Phi) is 4.46. The van der Waals surface area contributed by atoms with E-state index in [2.05, 4.69) is 0 Å². The molecular formula is C16H13NO4. The van der Waals surface area contributed by atoms with Gasteiger partial charge in [0.05, 0.1) is 6.08 Å². The summed E-state index contributed by atoms with van der Waals surface area (Å²) in [4.78, 5) is 21.6. The SMILES string of the molecule is O=C(O)/C=C(\C(=O)[O-])[n+]1ccc(Cc2ccccc2)cc1. The molecule has 0 aliphatic rings. The zero-order chi connectivity index (χ0) is 15.2. The van der Waals surface area contributed by atoms with E-state index < -0.39 is 17.6 Å². The van der Waals surface area contributed by atoms with Crippen molar-refractivity contribution in [1.82, 2.24) is 0 Å². The maximum atomic E-state index is 10.9. The first-order valence-corrected chi connectivity index (χ1v) is 6.27. The lowest BCUT2D eigenvalue weighted by Gasteiger charge is -2.04. The first-order valence-electron chi connectivity index (χ1n) is 6.27. The smallest absolute Gasteiger partial charge is 0.335 e. The molecule has 0 unspecified atom stereocenters. The standard InChI is InChI=1S/C16H13NO4/c18-15(19)11-14(16(20)21)17-8-6-13(7-9-17)10-12-4-2-1-3-5-12/h1-9,11H,10H2,(H-,18,19,20,21)/b14-11+. The lowest BCUT2D eigenvalue weighted by atomic mass is 10.1. The van der Waals surface area contributed by atoms with E-state index in [-0.39, 0.29) is 0 Å². The van der Waals surface area contributed by atoms with Gasteiger partial charge in [0.1, 0.15) is 5.97 Å².